The third kappa shape index (κ3) is 2.60. The molecule has 1 nitrogen and oxygen atoms in total. The second-order valence-corrected chi connectivity index (χ2v) is 6.09. The highest BCUT2D eigenvalue weighted by Gasteiger charge is 2.10. The van der Waals surface area contributed by atoms with Gasteiger partial charge in [0.2, 0.25) is 0 Å². The number of allylic oxidation sites excluding steroid dienone is 1. The Balaban J connectivity index is 3.18. The minimum atomic E-state index is 0.548. The van der Waals surface area contributed by atoms with Crippen LogP contribution in [0.5, 0.6) is 0 Å². The molecule has 0 saturated heterocycles. The van der Waals surface area contributed by atoms with Crippen molar-refractivity contribution in [2.45, 2.75) is 13.3 Å². The Morgan fingerprint density at radius 3 is 2.64 bits per heavy atom. The third-order valence-corrected chi connectivity index (χ3v) is 5.43. The van der Waals surface area contributed by atoms with Crippen molar-refractivity contribution in [2.24, 2.45) is 0 Å². The van der Waals surface area contributed by atoms with Crippen molar-refractivity contribution in [3.8, 4) is 6.07 Å². The Labute approximate surface area is 109 Å². The predicted octanol–water partition coefficient (Wildman–Crippen LogP) is 5.16. The van der Waals surface area contributed by atoms with Gasteiger partial charge in [0.15, 0.2) is 0 Å². The molecule has 0 atom stereocenters. The Kier molecular flexibility index (Phi) is 4.65. The Bertz CT molecular complexity index is 397. The summed E-state index contributed by atoms with van der Waals surface area (Å²) >= 11 is 14.4. The molecule has 0 N–H and O–H groups in total. The largest absolute Gasteiger partial charge is 0.193 e. The molecule has 0 fully saturated rings. The van der Waals surface area contributed by atoms with E-state index in [2.05, 4.69) is 37.9 Å². The zero-order valence-corrected chi connectivity index (χ0v) is 12.0. The van der Waals surface area contributed by atoms with Crippen LogP contribution < -0.4 is 0 Å². The van der Waals surface area contributed by atoms with Crippen LogP contribution in [0.4, 0.5) is 0 Å². The van der Waals surface area contributed by atoms with Crippen LogP contribution in [-0.4, -0.2) is 0 Å². The topological polar surface area (TPSA) is 23.8 Å². The first-order valence-corrected chi connectivity index (χ1v) is 6.62. The number of nitriles is 1. The van der Waals surface area contributed by atoms with Crippen molar-refractivity contribution < 1.29 is 0 Å². The Morgan fingerprint density at radius 1 is 1.64 bits per heavy atom. The summed E-state index contributed by atoms with van der Waals surface area (Å²) in [5.41, 5.74) is 0.618. The molecule has 0 aromatic carbocycles. The number of nitrogens with zero attached hydrogens (tertiary/aromatic N) is 1. The lowest BCUT2D eigenvalue weighted by Crippen LogP contribution is -1.79. The van der Waals surface area contributed by atoms with E-state index in [1.807, 2.05) is 13.0 Å². The molecule has 0 amide bonds. The van der Waals surface area contributed by atoms with Crippen molar-refractivity contribution in [1.29, 1.82) is 5.26 Å². The van der Waals surface area contributed by atoms with Crippen molar-refractivity contribution in [1.82, 2.24) is 0 Å². The van der Waals surface area contributed by atoms with Gasteiger partial charge in [-0.2, -0.15) is 5.26 Å². The van der Waals surface area contributed by atoms with E-state index in [0.29, 0.717) is 17.0 Å². The average Bonchev–Trinajstić information content (AvgIpc) is 2.49. The van der Waals surface area contributed by atoms with Crippen LogP contribution >= 0.6 is 54.8 Å². The third-order valence-electron chi connectivity index (χ3n) is 1.61. The van der Waals surface area contributed by atoms with E-state index in [1.165, 1.54) is 11.3 Å². The van der Waals surface area contributed by atoms with Crippen molar-refractivity contribution in [3.05, 3.63) is 24.8 Å². The summed E-state index contributed by atoms with van der Waals surface area (Å²) in [6.07, 6.45) is 0.655. The maximum atomic E-state index is 8.82. The molecule has 0 bridgehead atoms. The van der Waals surface area contributed by atoms with Crippen LogP contribution in [0.2, 0.25) is 0 Å². The lowest BCUT2D eigenvalue weighted by Gasteiger charge is -1.96. The molecule has 0 spiro atoms. The van der Waals surface area contributed by atoms with Crippen LogP contribution in [0.3, 0.4) is 0 Å². The molecule has 5 heteroatoms. The minimum absolute atomic E-state index is 0.548. The first kappa shape index (κ1) is 12.3. The smallest absolute Gasteiger partial charge is 0.0963 e. The highest BCUT2D eigenvalue weighted by atomic mass is 79.9. The van der Waals surface area contributed by atoms with Crippen LogP contribution in [-0.2, 0) is 0 Å². The van der Waals surface area contributed by atoms with Gasteiger partial charge in [-0.05, 0) is 44.3 Å². The SMILES string of the molecule is CC/C(C#N)=C(\Cl)c1cc(Br)c(Br)s1. The van der Waals surface area contributed by atoms with Gasteiger partial charge in [-0.25, -0.2) is 0 Å². The number of thiophene rings is 1. The van der Waals surface area contributed by atoms with Crippen LogP contribution in [0.25, 0.3) is 5.03 Å². The average molecular weight is 355 g/mol. The van der Waals surface area contributed by atoms with Crippen molar-refractivity contribution in [3.63, 3.8) is 0 Å². The van der Waals surface area contributed by atoms with E-state index in [4.69, 9.17) is 16.9 Å². The second-order valence-electron chi connectivity index (χ2n) is 2.49. The molecule has 1 rings (SSSR count). The quantitative estimate of drug-likeness (QED) is 0.673. The fourth-order valence-electron chi connectivity index (χ4n) is 0.887. The van der Waals surface area contributed by atoms with Gasteiger partial charge in [0, 0.05) is 14.9 Å². The summed E-state index contributed by atoms with van der Waals surface area (Å²) in [6, 6.07) is 4.01. The fraction of sp³-hybridized carbons (Fsp3) is 0.222. The highest BCUT2D eigenvalue weighted by molar-refractivity contribution is 9.13. The molecular formula is C9H6Br2ClNS. The minimum Gasteiger partial charge on any atom is -0.193 e. The van der Waals surface area contributed by atoms with Gasteiger partial charge in [0.05, 0.1) is 14.9 Å². The van der Waals surface area contributed by atoms with Gasteiger partial charge in [0.25, 0.3) is 0 Å². The second kappa shape index (κ2) is 5.32. The van der Waals surface area contributed by atoms with Gasteiger partial charge in [-0.1, -0.05) is 18.5 Å². The van der Waals surface area contributed by atoms with Crippen LogP contribution in [0, 0.1) is 11.3 Å². The molecule has 14 heavy (non-hydrogen) atoms. The first-order chi connectivity index (χ1) is 6.60. The molecule has 1 aromatic rings. The van der Waals surface area contributed by atoms with Crippen LogP contribution in [0.15, 0.2) is 19.9 Å². The standard InChI is InChI=1S/C9H6Br2ClNS/c1-2-5(4-13)8(12)7-3-6(10)9(11)14-7/h3H,2H2,1H3/b8-5+. The van der Waals surface area contributed by atoms with E-state index < -0.39 is 0 Å². The van der Waals surface area contributed by atoms with E-state index in [0.717, 1.165) is 13.1 Å². The Hall–Kier alpha value is 0.180. The maximum Gasteiger partial charge on any atom is 0.0963 e. The molecule has 0 aliphatic heterocycles. The van der Waals surface area contributed by atoms with E-state index in [9.17, 15) is 0 Å². The maximum absolute atomic E-state index is 8.82. The number of hydrogen-bond donors (Lipinski definition) is 0. The van der Waals surface area contributed by atoms with Crippen LogP contribution in [0.1, 0.15) is 18.2 Å². The predicted molar refractivity (Wildman–Crippen MR) is 68.4 cm³/mol. The number of halogens is 3. The molecule has 1 aromatic heterocycles. The van der Waals surface area contributed by atoms with Crippen molar-refractivity contribution >= 4 is 59.8 Å². The molecule has 0 aliphatic rings. The van der Waals surface area contributed by atoms with Crippen molar-refractivity contribution in [2.75, 3.05) is 0 Å². The molecule has 0 aliphatic carbocycles. The molecule has 0 unspecified atom stereocenters. The van der Waals surface area contributed by atoms with Gasteiger partial charge in [-0.15, -0.1) is 11.3 Å². The number of hydrogen-bond acceptors (Lipinski definition) is 2. The van der Waals surface area contributed by atoms with E-state index >= 15 is 0 Å². The van der Waals surface area contributed by atoms with Gasteiger partial charge in [0.1, 0.15) is 0 Å². The summed E-state index contributed by atoms with van der Waals surface area (Å²) in [6.45, 7) is 1.92. The summed E-state index contributed by atoms with van der Waals surface area (Å²) in [4.78, 5) is 0.906. The van der Waals surface area contributed by atoms with Gasteiger partial charge in [-0.3, -0.25) is 0 Å². The van der Waals surface area contributed by atoms with E-state index in [-0.39, 0.29) is 0 Å². The number of rotatable bonds is 2. The normalized spacial score (nSPS) is 12.2. The molecule has 1 heterocycles. The van der Waals surface area contributed by atoms with E-state index in [1.54, 1.807) is 0 Å². The molecule has 0 radical (unpaired) electrons. The summed E-state index contributed by atoms with van der Waals surface area (Å²) in [7, 11) is 0. The Morgan fingerprint density at radius 2 is 2.29 bits per heavy atom. The highest BCUT2D eigenvalue weighted by Crippen LogP contribution is 2.38. The molecular weight excluding hydrogens is 349 g/mol. The first-order valence-electron chi connectivity index (χ1n) is 3.84. The zero-order valence-electron chi connectivity index (χ0n) is 7.27. The molecule has 0 saturated carbocycles. The van der Waals surface area contributed by atoms with Gasteiger partial charge < -0.3 is 0 Å². The zero-order chi connectivity index (χ0) is 10.7. The lowest BCUT2D eigenvalue weighted by molar-refractivity contribution is 1.16. The summed E-state index contributed by atoms with van der Waals surface area (Å²) < 4.78 is 1.95. The summed E-state index contributed by atoms with van der Waals surface area (Å²) in [5.74, 6) is 0. The lowest BCUT2D eigenvalue weighted by atomic mass is 10.2. The van der Waals surface area contributed by atoms with Gasteiger partial charge >= 0.3 is 0 Å². The monoisotopic (exact) mass is 353 g/mol. The fourth-order valence-corrected chi connectivity index (χ4v) is 3.23. The molecule has 74 valence electrons. The summed E-state index contributed by atoms with van der Waals surface area (Å²) in [5, 5.41) is 9.37.